The maximum absolute atomic E-state index is 12.8. The number of rotatable bonds is 3. The van der Waals surface area contributed by atoms with E-state index in [0.29, 0.717) is 6.54 Å². The first-order valence-electron chi connectivity index (χ1n) is 7.54. The molecule has 1 heterocycles. The van der Waals surface area contributed by atoms with Crippen LogP contribution in [0.1, 0.15) is 25.0 Å². The summed E-state index contributed by atoms with van der Waals surface area (Å²) in [5.41, 5.74) is 3.01. The normalized spacial score (nSPS) is 16.3. The molecule has 22 heavy (non-hydrogen) atoms. The fourth-order valence-electron chi connectivity index (χ4n) is 3.02. The predicted octanol–water partition coefficient (Wildman–Crippen LogP) is 3.81. The zero-order chi connectivity index (χ0) is 15.7. The number of hydrogen-bond acceptors (Lipinski definition) is 2. The summed E-state index contributed by atoms with van der Waals surface area (Å²) in [4.78, 5) is 14.7. The number of carbonyl (C=O) groups is 1. The van der Waals surface area contributed by atoms with E-state index in [-0.39, 0.29) is 11.3 Å². The molecule has 1 aliphatic heterocycles. The third-order valence-corrected chi connectivity index (χ3v) is 4.24. The molecule has 3 heteroatoms. The molecule has 3 nitrogen and oxygen atoms in total. The molecule has 3 rings (SSSR count). The first-order valence-corrected chi connectivity index (χ1v) is 7.54. The van der Waals surface area contributed by atoms with Gasteiger partial charge in [-0.2, -0.15) is 0 Å². The van der Waals surface area contributed by atoms with E-state index in [1.807, 2.05) is 61.2 Å². The molecular weight excluding hydrogens is 274 g/mol. The number of carbonyl (C=O) groups excluding carboxylic acids is 1. The molecule has 114 valence electrons. The summed E-state index contributed by atoms with van der Waals surface area (Å²) < 4.78 is 5.19. The van der Waals surface area contributed by atoms with E-state index in [0.717, 1.165) is 23.4 Å². The van der Waals surface area contributed by atoms with E-state index < -0.39 is 0 Å². The van der Waals surface area contributed by atoms with Crippen LogP contribution in [0.3, 0.4) is 0 Å². The number of para-hydroxylation sites is 1. The molecule has 1 amide bonds. The smallest absolute Gasteiger partial charge is 0.233 e. The molecule has 0 aliphatic carbocycles. The lowest BCUT2D eigenvalue weighted by atomic mass is 9.80. The van der Waals surface area contributed by atoms with Crippen LogP contribution < -0.4 is 9.64 Å². The molecule has 2 aromatic carbocycles. The van der Waals surface area contributed by atoms with Gasteiger partial charge in [0.15, 0.2) is 0 Å². The molecule has 0 N–H and O–H groups in total. The van der Waals surface area contributed by atoms with Gasteiger partial charge in [0, 0.05) is 11.1 Å². The first kappa shape index (κ1) is 14.6. The Morgan fingerprint density at radius 3 is 2.45 bits per heavy atom. The Morgan fingerprint density at radius 2 is 1.77 bits per heavy atom. The number of ether oxygens (including phenoxy) is 1. The van der Waals surface area contributed by atoms with Crippen molar-refractivity contribution in [1.82, 2.24) is 0 Å². The summed E-state index contributed by atoms with van der Waals surface area (Å²) in [5.74, 6) is 1.01. The Morgan fingerprint density at radius 1 is 1.09 bits per heavy atom. The van der Waals surface area contributed by atoms with Crippen molar-refractivity contribution < 1.29 is 9.53 Å². The number of amides is 1. The Bertz CT molecular complexity index is 689. The third-order valence-electron chi connectivity index (χ3n) is 4.24. The molecule has 0 atom stereocenters. The Labute approximate surface area is 131 Å². The molecule has 0 unspecified atom stereocenters. The van der Waals surface area contributed by atoms with E-state index in [2.05, 4.69) is 6.07 Å². The van der Waals surface area contributed by atoms with Crippen molar-refractivity contribution in [3.63, 3.8) is 0 Å². The Kier molecular flexibility index (Phi) is 3.65. The highest BCUT2D eigenvalue weighted by molar-refractivity contribution is 6.00. The summed E-state index contributed by atoms with van der Waals surface area (Å²) >= 11 is 0. The summed E-state index contributed by atoms with van der Waals surface area (Å²) in [6, 6.07) is 16.1. The van der Waals surface area contributed by atoms with Crippen molar-refractivity contribution in [1.29, 1.82) is 0 Å². The molecular formula is C19H21NO2. The van der Waals surface area contributed by atoms with Gasteiger partial charge < -0.3 is 9.64 Å². The molecule has 2 aromatic rings. The second-order valence-electron chi connectivity index (χ2n) is 6.43. The number of methoxy groups -OCH3 is 1. The molecule has 0 saturated heterocycles. The van der Waals surface area contributed by atoms with Crippen molar-refractivity contribution in [2.75, 3.05) is 12.0 Å². The van der Waals surface area contributed by atoms with E-state index in [1.54, 1.807) is 7.11 Å². The minimum atomic E-state index is -0.360. The molecule has 0 bridgehead atoms. The average molecular weight is 295 g/mol. The quantitative estimate of drug-likeness (QED) is 0.861. The van der Waals surface area contributed by atoms with Crippen LogP contribution in [0, 0.1) is 5.41 Å². The molecule has 0 radical (unpaired) electrons. The van der Waals surface area contributed by atoms with E-state index in [4.69, 9.17) is 4.74 Å². The molecule has 0 fully saturated rings. The van der Waals surface area contributed by atoms with Crippen LogP contribution >= 0.6 is 0 Å². The Balaban J connectivity index is 1.95. The van der Waals surface area contributed by atoms with E-state index in [1.165, 1.54) is 5.56 Å². The lowest BCUT2D eigenvalue weighted by Crippen LogP contribution is -2.45. The van der Waals surface area contributed by atoms with Gasteiger partial charge >= 0.3 is 0 Å². The number of hydrogen-bond donors (Lipinski definition) is 0. The topological polar surface area (TPSA) is 29.5 Å². The van der Waals surface area contributed by atoms with Crippen LogP contribution in [-0.2, 0) is 17.8 Å². The van der Waals surface area contributed by atoms with Crippen molar-refractivity contribution in [2.45, 2.75) is 26.8 Å². The summed E-state index contributed by atoms with van der Waals surface area (Å²) in [6.45, 7) is 4.63. The summed E-state index contributed by atoms with van der Waals surface area (Å²) in [6.07, 6.45) is 0.793. The summed E-state index contributed by atoms with van der Waals surface area (Å²) in [7, 11) is 1.65. The van der Waals surface area contributed by atoms with Crippen molar-refractivity contribution >= 4 is 11.6 Å². The second-order valence-corrected chi connectivity index (χ2v) is 6.43. The number of anilines is 1. The van der Waals surface area contributed by atoms with Crippen LogP contribution in [0.2, 0.25) is 0 Å². The highest BCUT2D eigenvalue weighted by atomic mass is 16.5. The van der Waals surface area contributed by atoms with Gasteiger partial charge in [-0.3, -0.25) is 4.79 Å². The van der Waals surface area contributed by atoms with Crippen molar-refractivity contribution in [2.24, 2.45) is 5.41 Å². The lowest BCUT2D eigenvalue weighted by molar-refractivity contribution is -0.127. The Hall–Kier alpha value is -2.29. The van der Waals surface area contributed by atoms with Gasteiger partial charge in [-0.1, -0.05) is 44.2 Å². The minimum absolute atomic E-state index is 0.182. The van der Waals surface area contributed by atoms with Gasteiger partial charge in [0.25, 0.3) is 0 Å². The first-order chi connectivity index (χ1) is 10.5. The van der Waals surface area contributed by atoms with Gasteiger partial charge in [0.05, 0.1) is 13.7 Å². The van der Waals surface area contributed by atoms with Crippen molar-refractivity contribution in [3.05, 3.63) is 59.7 Å². The van der Waals surface area contributed by atoms with E-state index in [9.17, 15) is 4.79 Å². The zero-order valence-electron chi connectivity index (χ0n) is 13.3. The largest absolute Gasteiger partial charge is 0.497 e. The average Bonchev–Trinajstić information content (AvgIpc) is 2.52. The highest BCUT2D eigenvalue weighted by Gasteiger charge is 2.38. The van der Waals surface area contributed by atoms with Gasteiger partial charge in [-0.15, -0.1) is 0 Å². The second kappa shape index (κ2) is 5.48. The maximum Gasteiger partial charge on any atom is 0.233 e. The van der Waals surface area contributed by atoms with Gasteiger partial charge in [-0.25, -0.2) is 0 Å². The van der Waals surface area contributed by atoms with Crippen LogP contribution in [0.5, 0.6) is 5.75 Å². The monoisotopic (exact) mass is 295 g/mol. The molecule has 0 saturated carbocycles. The van der Waals surface area contributed by atoms with Crippen LogP contribution in [-0.4, -0.2) is 13.0 Å². The highest BCUT2D eigenvalue weighted by Crippen LogP contribution is 2.37. The van der Waals surface area contributed by atoms with Crippen LogP contribution in [0.15, 0.2) is 48.5 Å². The minimum Gasteiger partial charge on any atom is -0.497 e. The van der Waals surface area contributed by atoms with Crippen molar-refractivity contribution in [3.8, 4) is 5.75 Å². The predicted molar refractivity (Wildman–Crippen MR) is 88.1 cm³/mol. The summed E-state index contributed by atoms with van der Waals surface area (Å²) in [5, 5.41) is 0. The fourth-order valence-corrected chi connectivity index (χ4v) is 3.02. The van der Waals surface area contributed by atoms with E-state index >= 15 is 0 Å². The lowest BCUT2D eigenvalue weighted by Gasteiger charge is -2.38. The fraction of sp³-hybridized carbons (Fsp3) is 0.316. The van der Waals surface area contributed by atoms with Crippen LogP contribution in [0.4, 0.5) is 5.69 Å². The zero-order valence-corrected chi connectivity index (χ0v) is 13.3. The standard InChI is InChI=1S/C19H21NO2/c1-19(2)12-15-6-4-5-7-17(15)20(18(19)21)13-14-8-10-16(22-3)11-9-14/h4-11H,12-13H2,1-3H3. The molecule has 0 aromatic heterocycles. The third kappa shape index (κ3) is 2.59. The van der Waals surface area contributed by atoms with Crippen LogP contribution in [0.25, 0.3) is 0 Å². The molecule has 1 aliphatic rings. The maximum atomic E-state index is 12.8. The number of fused-ring (bicyclic) bond motifs is 1. The van der Waals surface area contributed by atoms with Gasteiger partial charge in [-0.05, 0) is 35.7 Å². The number of benzene rings is 2. The molecule has 0 spiro atoms. The van der Waals surface area contributed by atoms with Gasteiger partial charge in [0.1, 0.15) is 5.75 Å². The number of nitrogens with zero attached hydrogens (tertiary/aromatic N) is 1. The van der Waals surface area contributed by atoms with Gasteiger partial charge in [0.2, 0.25) is 5.91 Å². The SMILES string of the molecule is COc1ccc(CN2C(=O)C(C)(C)Cc3ccccc32)cc1.